The molecule has 68 valence electrons. The molecule has 1 saturated heterocycles. The van der Waals surface area contributed by atoms with E-state index < -0.39 is 0 Å². The Hall–Kier alpha value is -0.830. The van der Waals surface area contributed by atoms with Crippen LogP contribution >= 0.6 is 0 Å². The fraction of sp³-hybridized carbons (Fsp3) is 0.667. The van der Waals surface area contributed by atoms with Crippen molar-refractivity contribution in [3.63, 3.8) is 0 Å². The zero-order valence-corrected chi connectivity index (χ0v) is 7.45. The highest BCUT2D eigenvalue weighted by Crippen LogP contribution is 2.15. The molecule has 0 saturated carbocycles. The summed E-state index contributed by atoms with van der Waals surface area (Å²) in [6, 6.07) is 0. The first-order valence-corrected chi connectivity index (χ1v) is 4.34. The van der Waals surface area contributed by atoms with Crippen LogP contribution in [0.2, 0.25) is 0 Å². The minimum atomic E-state index is -0.219. The predicted molar refractivity (Wildman–Crippen MR) is 46.3 cm³/mol. The van der Waals surface area contributed by atoms with Crippen LogP contribution in [0, 0.1) is 0 Å². The van der Waals surface area contributed by atoms with Crippen LogP contribution in [0.25, 0.3) is 0 Å². The molecule has 1 rings (SSSR count). The van der Waals surface area contributed by atoms with Gasteiger partial charge in [-0.15, -0.1) is 0 Å². The zero-order chi connectivity index (χ0) is 8.97. The van der Waals surface area contributed by atoms with Gasteiger partial charge in [0.2, 0.25) is 0 Å². The maximum Gasteiger partial charge on any atom is 0.257 e. The molecule has 12 heavy (non-hydrogen) atoms. The molecule has 1 atom stereocenters. The van der Waals surface area contributed by atoms with Crippen molar-refractivity contribution < 1.29 is 9.53 Å². The summed E-state index contributed by atoms with van der Waals surface area (Å²) in [5.41, 5.74) is 0. The number of ether oxygens (including phenoxy) is 1. The van der Waals surface area contributed by atoms with Crippen LogP contribution in [0.1, 0.15) is 26.2 Å². The normalized spacial score (nSPS) is 23.2. The number of rotatable bonds is 4. The highest BCUT2D eigenvalue weighted by molar-refractivity contribution is 5.83. The number of nitrogens with zero attached hydrogens (tertiary/aromatic N) is 1. The number of hydrogen-bond acceptors (Lipinski definition) is 2. The van der Waals surface area contributed by atoms with Crippen LogP contribution in [0.5, 0.6) is 0 Å². The second-order valence-corrected chi connectivity index (χ2v) is 2.92. The number of carbonyl (C=O) groups is 1. The minimum absolute atomic E-state index is 0.0541. The Labute approximate surface area is 73.0 Å². The topological polar surface area (TPSA) is 29.5 Å². The standard InChI is InChI=1S/C9H15NO2/c1-3-5-6-8-9(11)10(4-2)7-12-8/h4,8H,2-3,5-7H2,1H3. The second kappa shape index (κ2) is 4.26. The van der Waals surface area contributed by atoms with Crippen molar-refractivity contribution in [1.29, 1.82) is 0 Å². The van der Waals surface area contributed by atoms with Gasteiger partial charge in [0, 0.05) is 6.20 Å². The molecule has 0 spiro atoms. The van der Waals surface area contributed by atoms with Gasteiger partial charge >= 0.3 is 0 Å². The molecule has 3 nitrogen and oxygen atoms in total. The molecule has 1 unspecified atom stereocenters. The first-order valence-electron chi connectivity index (χ1n) is 4.34. The van der Waals surface area contributed by atoms with E-state index in [0.717, 1.165) is 19.3 Å². The predicted octanol–water partition coefficient (Wildman–Crippen LogP) is 1.50. The Morgan fingerprint density at radius 1 is 1.83 bits per heavy atom. The third-order valence-corrected chi connectivity index (χ3v) is 2.01. The van der Waals surface area contributed by atoms with Gasteiger partial charge in [-0.1, -0.05) is 26.3 Å². The first kappa shape index (κ1) is 9.26. The van der Waals surface area contributed by atoms with Gasteiger partial charge in [-0.3, -0.25) is 9.69 Å². The Morgan fingerprint density at radius 3 is 3.08 bits per heavy atom. The fourth-order valence-corrected chi connectivity index (χ4v) is 1.23. The fourth-order valence-electron chi connectivity index (χ4n) is 1.23. The summed E-state index contributed by atoms with van der Waals surface area (Å²) in [7, 11) is 0. The Balaban J connectivity index is 2.38. The van der Waals surface area contributed by atoms with Crippen molar-refractivity contribution in [2.45, 2.75) is 32.3 Å². The molecule has 0 aromatic carbocycles. The average Bonchev–Trinajstić information content (AvgIpc) is 2.43. The molecule has 1 aliphatic heterocycles. The van der Waals surface area contributed by atoms with Crippen molar-refractivity contribution in [3.05, 3.63) is 12.8 Å². The summed E-state index contributed by atoms with van der Waals surface area (Å²) in [5.74, 6) is 0.0541. The molecule has 1 fully saturated rings. The molecule has 1 amide bonds. The van der Waals surface area contributed by atoms with Crippen molar-refractivity contribution in [1.82, 2.24) is 4.90 Å². The van der Waals surface area contributed by atoms with Crippen LogP contribution in [0.3, 0.4) is 0 Å². The van der Waals surface area contributed by atoms with E-state index in [9.17, 15) is 4.79 Å². The molecule has 0 aliphatic carbocycles. The van der Waals surface area contributed by atoms with E-state index >= 15 is 0 Å². The first-order chi connectivity index (χ1) is 5.79. The van der Waals surface area contributed by atoms with Gasteiger partial charge in [-0.05, 0) is 6.42 Å². The molecule has 0 N–H and O–H groups in total. The quantitative estimate of drug-likeness (QED) is 0.638. The molecule has 1 aliphatic rings. The van der Waals surface area contributed by atoms with E-state index in [0.29, 0.717) is 6.73 Å². The van der Waals surface area contributed by atoms with Gasteiger partial charge in [0.1, 0.15) is 12.8 Å². The second-order valence-electron chi connectivity index (χ2n) is 2.92. The summed E-state index contributed by atoms with van der Waals surface area (Å²) < 4.78 is 5.28. The zero-order valence-electron chi connectivity index (χ0n) is 7.45. The van der Waals surface area contributed by atoms with Gasteiger partial charge in [-0.2, -0.15) is 0 Å². The van der Waals surface area contributed by atoms with Crippen LogP contribution in [-0.2, 0) is 9.53 Å². The molecular weight excluding hydrogens is 154 g/mol. The molecule has 0 bridgehead atoms. The van der Waals surface area contributed by atoms with Crippen molar-refractivity contribution in [2.75, 3.05) is 6.73 Å². The number of hydrogen-bond donors (Lipinski definition) is 0. The van der Waals surface area contributed by atoms with Crippen molar-refractivity contribution in [2.24, 2.45) is 0 Å². The van der Waals surface area contributed by atoms with Crippen LogP contribution in [0.4, 0.5) is 0 Å². The molecule has 0 aromatic heterocycles. The van der Waals surface area contributed by atoms with Crippen molar-refractivity contribution >= 4 is 5.91 Å². The Bertz CT molecular complexity index is 179. The lowest BCUT2D eigenvalue weighted by Crippen LogP contribution is -2.24. The number of amides is 1. The molecule has 1 heterocycles. The van der Waals surface area contributed by atoms with Crippen LogP contribution in [0.15, 0.2) is 12.8 Å². The van der Waals surface area contributed by atoms with Crippen LogP contribution in [-0.4, -0.2) is 23.6 Å². The SMILES string of the molecule is C=CN1COC(CCCC)C1=O. The summed E-state index contributed by atoms with van der Waals surface area (Å²) in [6.07, 6.45) is 4.28. The maximum absolute atomic E-state index is 11.4. The van der Waals surface area contributed by atoms with E-state index in [1.807, 2.05) is 0 Å². The Morgan fingerprint density at radius 2 is 2.58 bits per heavy atom. The summed E-state index contributed by atoms with van der Waals surface area (Å²) >= 11 is 0. The van der Waals surface area contributed by atoms with E-state index in [-0.39, 0.29) is 12.0 Å². The van der Waals surface area contributed by atoms with E-state index in [1.54, 1.807) is 0 Å². The number of unbranched alkanes of at least 4 members (excludes halogenated alkanes) is 1. The molecule has 0 aromatic rings. The lowest BCUT2D eigenvalue weighted by molar-refractivity contribution is -0.128. The van der Waals surface area contributed by atoms with Gasteiger partial charge in [-0.25, -0.2) is 0 Å². The average molecular weight is 169 g/mol. The van der Waals surface area contributed by atoms with Gasteiger partial charge < -0.3 is 4.74 Å². The van der Waals surface area contributed by atoms with E-state index in [1.165, 1.54) is 11.1 Å². The van der Waals surface area contributed by atoms with Crippen LogP contribution < -0.4 is 0 Å². The monoisotopic (exact) mass is 169 g/mol. The van der Waals surface area contributed by atoms with E-state index in [2.05, 4.69) is 13.5 Å². The molecule has 3 heteroatoms. The third kappa shape index (κ3) is 1.85. The maximum atomic E-state index is 11.4. The van der Waals surface area contributed by atoms with Crippen molar-refractivity contribution in [3.8, 4) is 0 Å². The third-order valence-electron chi connectivity index (χ3n) is 2.01. The lowest BCUT2D eigenvalue weighted by Gasteiger charge is -2.06. The summed E-state index contributed by atoms with van der Waals surface area (Å²) in [6.45, 7) is 6.01. The van der Waals surface area contributed by atoms with Gasteiger partial charge in [0.05, 0.1) is 0 Å². The van der Waals surface area contributed by atoms with E-state index in [4.69, 9.17) is 4.74 Å². The smallest absolute Gasteiger partial charge is 0.257 e. The molecule has 0 radical (unpaired) electrons. The molecular formula is C9H15NO2. The minimum Gasteiger partial charge on any atom is -0.348 e. The van der Waals surface area contributed by atoms with Gasteiger partial charge in [0.15, 0.2) is 0 Å². The van der Waals surface area contributed by atoms with Gasteiger partial charge in [0.25, 0.3) is 5.91 Å². The number of carbonyl (C=O) groups excluding carboxylic acids is 1. The summed E-state index contributed by atoms with van der Waals surface area (Å²) in [5, 5.41) is 0. The lowest BCUT2D eigenvalue weighted by atomic mass is 10.1. The largest absolute Gasteiger partial charge is 0.348 e. The highest BCUT2D eigenvalue weighted by Gasteiger charge is 2.29. The Kier molecular flexibility index (Phi) is 3.29. The highest BCUT2D eigenvalue weighted by atomic mass is 16.5. The summed E-state index contributed by atoms with van der Waals surface area (Å²) in [4.78, 5) is 12.9.